The second-order valence-corrected chi connectivity index (χ2v) is 8.44. The molecule has 3 N–H and O–H groups in total. The fourth-order valence-electron chi connectivity index (χ4n) is 3.41. The average molecular weight is 386 g/mol. The molecule has 0 radical (unpaired) electrons. The van der Waals surface area contributed by atoms with Crippen LogP contribution in [0, 0.1) is 0 Å². The summed E-state index contributed by atoms with van der Waals surface area (Å²) in [4.78, 5) is 14.0. The van der Waals surface area contributed by atoms with Gasteiger partial charge in [0, 0.05) is 44.0 Å². The van der Waals surface area contributed by atoms with Crippen LogP contribution < -0.4 is 20.3 Å². The molecule has 0 saturated carbocycles. The van der Waals surface area contributed by atoms with Gasteiger partial charge in [-0.1, -0.05) is 6.07 Å². The molecule has 0 unspecified atom stereocenters. The van der Waals surface area contributed by atoms with Crippen LogP contribution in [0.25, 0.3) is 0 Å². The van der Waals surface area contributed by atoms with E-state index in [4.69, 9.17) is 0 Å². The number of nitrogens with zero attached hydrogens (tertiary/aromatic N) is 1. The maximum absolute atomic E-state index is 12.7. The van der Waals surface area contributed by atoms with E-state index in [0.29, 0.717) is 24.2 Å². The highest BCUT2D eigenvalue weighted by Gasteiger charge is 2.19. The van der Waals surface area contributed by atoms with Crippen LogP contribution in [0.1, 0.15) is 12.0 Å². The second kappa shape index (κ2) is 7.21. The number of hydrogen-bond donors (Lipinski definition) is 3. The minimum atomic E-state index is -3.69. The molecule has 142 valence electrons. The van der Waals surface area contributed by atoms with Crippen LogP contribution in [-0.2, 0) is 21.2 Å². The zero-order valence-electron chi connectivity index (χ0n) is 14.9. The summed E-state index contributed by atoms with van der Waals surface area (Å²) in [5.74, 6) is -0.0500. The lowest BCUT2D eigenvalue weighted by atomic mass is 10.0. The number of aryl methyl sites for hydroxylation is 1. The van der Waals surface area contributed by atoms with Gasteiger partial charge < -0.3 is 15.5 Å². The van der Waals surface area contributed by atoms with Crippen molar-refractivity contribution in [3.8, 4) is 0 Å². The van der Waals surface area contributed by atoms with Gasteiger partial charge in [-0.15, -0.1) is 0 Å². The van der Waals surface area contributed by atoms with E-state index in [9.17, 15) is 13.2 Å². The summed E-state index contributed by atoms with van der Waals surface area (Å²) in [7, 11) is -3.69. The van der Waals surface area contributed by atoms with Crippen LogP contribution in [0.4, 0.5) is 17.1 Å². The molecule has 0 aromatic heterocycles. The lowest BCUT2D eigenvalue weighted by Crippen LogP contribution is -2.43. The summed E-state index contributed by atoms with van der Waals surface area (Å²) >= 11 is 0. The van der Waals surface area contributed by atoms with Crippen molar-refractivity contribution in [2.45, 2.75) is 17.7 Å². The number of amides is 1. The highest BCUT2D eigenvalue weighted by molar-refractivity contribution is 7.92. The summed E-state index contributed by atoms with van der Waals surface area (Å²) in [6, 6.07) is 12.2. The highest BCUT2D eigenvalue weighted by atomic mass is 32.2. The first-order valence-corrected chi connectivity index (χ1v) is 10.5. The number of benzene rings is 2. The largest absolute Gasteiger partial charge is 0.369 e. The van der Waals surface area contributed by atoms with Crippen molar-refractivity contribution in [1.29, 1.82) is 0 Å². The molecule has 1 amide bonds. The Bertz CT molecular complexity index is 951. The van der Waals surface area contributed by atoms with Gasteiger partial charge in [-0.05, 0) is 48.4 Å². The Hall–Kier alpha value is -2.58. The minimum Gasteiger partial charge on any atom is -0.369 e. The zero-order chi connectivity index (χ0) is 18.9. The highest BCUT2D eigenvalue weighted by Crippen LogP contribution is 2.27. The van der Waals surface area contributed by atoms with Crippen molar-refractivity contribution in [2.24, 2.45) is 0 Å². The topological polar surface area (TPSA) is 90.5 Å². The fourth-order valence-corrected chi connectivity index (χ4v) is 4.46. The quantitative estimate of drug-likeness (QED) is 0.745. The molecule has 8 heteroatoms. The number of piperazine rings is 1. The molecule has 2 heterocycles. The molecule has 27 heavy (non-hydrogen) atoms. The predicted molar refractivity (Wildman–Crippen MR) is 106 cm³/mol. The standard InChI is InChI=1S/C19H22N4O3S/c24-19-8-2-14-1-3-15(13-18(14)21-19)22-27(25,26)17-6-4-16(5-7-17)23-11-9-20-10-12-23/h1,3-7,13,20,22H,2,8-12H2,(H,21,24). The molecule has 0 bridgehead atoms. The molecule has 2 aromatic carbocycles. The summed E-state index contributed by atoms with van der Waals surface area (Å²) in [5, 5.41) is 6.08. The molecule has 2 aliphatic rings. The normalized spacial score (nSPS) is 17.2. The van der Waals surface area contributed by atoms with Crippen molar-refractivity contribution in [2.75, 3.05) is 41.1 Å². The minimum absolute atomic E-state index is 0.0500. The van der Waals surface area contributed by atoms with Crippen LogP contribution in [0.3, 0.4) is 0 Å². The Morgan fingerprint density at radius 2 is 1.70 bits per heavy atom. The van der Waals surface area contributed by atoms with Crippen LogP contribution >= 0.6 is 0 Å². The third kappa shape index (κ3) is 3.91. The van der Waals surface area contributed by atoms with Crippen LogP contribution in [-0.4, -0.2) is 40.5 Å². The Morgan fingerprint density at radius 1 is 0.963 bits per heavy atom. The van der Waals surface area contributed by atoms with Crippen LogP contribution in [0.15, 0.2) is 47.4 Å². The van der Waals surface area contributed by atoms with Crippen molar-refractivity contribution >= 4 is 33.0 Å². The van der Waals surface area contributed by atoms with E-state index in [1.54, 1.807) is 24.3 Å². The molecule has 7 nitrogen and oxygen atoms in total. The zero-order valence-corrected chi connectivity index (χ0v) is 15.7. The number of anilines is 3. The van der Waals surface area contributed by atoms with Gasteiger partial charge >= 0.3 is 0 Å². The molecule has 0 aliphatic carbocycles. The number of sulfonamides is 1. The van der Waals surface area contributed by atoms with Crippen molar-refractivity contribution in [3.63, 3.8) is 0 Å². The number of nitrogens with one attached hydrogen (secondary N) is 3. The maximum Gasteiger partial charge on any atom is 0.261 e. The number of carbonyl (C=O) groups is 1. The Balaban J connectivity index is 1.51. The molecule has 2 aromatic rings. The lowest BCUT2D eigenvalue weighted by Gasteiger charge is -2.29. The van der Waals surface area contributed by atoms with E-state index in [-0.39, 0.29) is 10.8 Å². The molecule has 2 aliphatic heterocycles. The van der Waals surface area contributed by atoms with Gasteiger partial charge in [0.25, 0.3) is 10.0 Å². The van der Waals surface area contributed by atoms with Crippen LogP contribution in [0.5, 0.6) is 0 Å². The van der Waals surface area contributed by atoms with Gasteiger partial charge in [-0.2, -0.15) is 0 Å². The molecular weight excluding hydrogens is 364 g/mol. The van der Waals surface area contributed by atoms with Gasteiger partial charge in [0.15, 0.2) is 0 Å². The predicted octanol–water partition coefficient (Wildman–Crippen LogP) is 1.78. The summed E-state index contributed by atoms with van der Waals surface area (Å²) in [5.41, 5.74) is 3.13. The van der Waals surface area contributed by atoms with E-state index in [0.717, 1.165) is 37.4 Å². The lowest BCUT2D eigenvalue weighted by molar-refractivity contribution is -0.116. The number of carbonyl (C=O) groups excluding carboxylic acids is 1. The third-order valence-corrected chi connectivity index (χ3v) is 6.28. The number of rotatable bonds is 4. The van der Waals surface area contributed by atoms with Crippen LogP contribution in [0.2, 0.25) is 0 Å². The average Bonchev–Trinajstić information content (AvgIpc) is 2.68. The first kappa shape index (κ1) is 17.8. The molecule has 0 atom stereocenters. The molecular formula is C19H22N4O3S. The molecule has 1 fully saturated rings. The summed E-state index contributed by atoms with van der Waals surface area (Å²) in [6.07, 6.45) is 1.12. The first-order chi connectivity index (χ1) is 13.0. The van der Waals surface area contributed by atoms with Gasteiger partial charge in [0.2, 0.25) is 5.91 Å². The monoisotopic (exact) mass is 386 g/mol. The Morgan fingerprint density at radius 3 is 2.44 bits per heavy atom. The Kier molecular flexibility index (Phi) is 4.75. The SMILES string of the molecule is O=C1CCc2ccc(NS(=O)(=O)c3ccc(N4CCNCC4)cc3)cc2N1. The maximum atomic E-state index is 12.7. The van der Waals surface area contributed by atoms with Gasteiger partial charge in [0.1, 0.15) is 0 Å². The van der Waals surface area contributed by atoms with E-state index in [1.807, 2.05) is 18.2 Å². The summed E-state index contributed by atoms with van der Waals surface area (Å²) < 4.78 is 28.0. The molecule has 0 spiro atoms. The molecule has 4 rings (SSSR count). The number of fused-ring (bicyclic) bond motifs is 1. The van der Waals surface area contributed by atoms with Gasteiger partial charge in [-0.25, -0.2) is 8.42 Å². The van der Waals surface area contributed by atoms with Gasteiger partial charge in [0.05, 0.1) is 10.6 Å². The fraction of sp³-hybridized carbons (Fsp3) is 0.316. The third-order valence-electron chi connectivity index (χ3n) is 4.89. The van der Waals surface area contributed by atoms with Crippen molar-refractivity contribution in [1.82, 2.24) is 5.32 Å². The van der Waals surface area contributed by atoms with E-state index >= 15 is 0 Å². The van der Waals surface area contributed by atoms with E-state index in [2.05, 4.69) is 20.3 Å². The van der Waals surface area contributed by atoms with Crippen molar-refractivity contribution < 1.29 is 13.2 Å². The summed E-state index contributed by atoms with van der Waals surface area (Å²) in [6.45, 7) is 3.67. The second-order valence-electron chi connectivity index (χ2n) is 6.76. The van der Waals surface area contributed by atoms with Gasteiger partial charge in [-0.3, -0.25) is 9.52 Å². The Labute approximate surface area is 158 Å². The smallest absolute Gasteiger partial charge is 0.261 e. The molecule has 1 saturated heterocycles. The van der Waals surface area contributed by atoms with E-state index < -0.39 is 10.0 Å². The number of hydrogen-bond acceptors (Lipinski definition) is 5. The van der Waals surface area contributed by atoms with E-state index in [1.165, 1.54) is 0 Å². The van der Waals surface area contributed by atoms with Crippen molar-refractivity contribution in [3.05, 3.63) is 48.0 Å². The first-order valence-electron chi connectivity index (χ1n) is 9.03.